The zero-order valence-electron chi connectivity index (χ0n) is 14.4. The molecule has 0 bridgehead atoms. The van der Waals surface area contributed by atoms with Crippen molar-refractivity contribution >= 4 is 23.7 Å². The minimum atomic E-state index is -0.337. The molecule has 2 rings (SSSR count). The number of nitrogens with zero attached hydrogens (tertiary/aromatic N) is 1. The molecule has 0 heterocycles. The molecule has 134 valence electrons. The van der Waals surface area contributed by atoms with Crippen LogP contribution < -0.4 is 14.9 Å². The molecule has 0 spiro atoms. The molecule has 1 N–H and O–H groups in total. The third-order valence-corrected chi connectivity index (χ3v) is 3.48. The molecule has 6 heteroatoms. The molecule has 0 aliphatic heterocycles. The van der Waals surface area contributed by atoms with Crippen molar-refractivity contribution in [1.29, 1.82) is 0 Å². The Kier molecular flexibility index (Phi) is 7.53. The standard InChI is InChI=1S/C20H19ClN2O3/c1-3-11-25-18-8-5-15(6-9-18)20(24)23-22-14-16-13-17(21)7-10-19(16)26-12-4-2/h2,5-10,13-14H,3,11-12H2,1H3,(H,23,24)/b22-14-. The summed E-state index contributed by atoms with van der Waals surface area (Å²) in [6.07, 6.45) is 7.57. The minimum Gasteiger partial charge on any atom is -0.494 e. The Morgan fingerprint density at radius 1 is 1.27 bits per heavy atom. The first-order valence-corrected chi connectivity index (χ1v) is 8.44. The van der Waals surface area contributed by atoms with E-state index in [2.05, 4.69) is 16.4 Å². The van der Waals surface area contributed by atoms with E-state index < -0.39 is 0 Å². The van der Waals surface area contributed by atoms with Gasteiger partial charge in [0.1, 0.15) is 18.1 Å². The van der Waals surface area contributed by atoms with Crippen molar-refractivity contribution < 1.29 is 14.3 Å². The van der Waals surface area contributed by atoms with Crippen LogP contribution in [0.4, 0.5) is 0 Å². The zero-order valence-corrected chi connectivity index (χ0v) is 15.1. The normalized spacial score (nSPS) is 10.3. The van der Waals surface area contributed by atoms with Crippen molar-refractivity contribution in [3.05, 3.63) is 58.6 Å². The van der Waals surface area contributed by atoms with Gasteiger partial charge < -0.3 is 9.47 Å². The van der Waals surface area contributed by atoms with Crippen molar-refractivity contribution in [2.45, 2.75) is 13.3 Å². The third-order valence-electron chi connectivity index (χ3n) is 3.24. The highest BCUT2D eigenvalue weighted by molar-refractivity contribution is 6.30. The smallest absolute Gasteiger partial charge is 0.271 e. The van der Waals surface area contributed by atoms with Gasteiger partial charge in [-0.2, -0.15) is 5.10 Å². The summed E-state index contributed by atoms with van der Waals surface area (Å²) in [6.45, 7) is 2.80. The van der Waals surface area contributed by atoms with Gasteiger partial charge in [0.05, 0.1) is 12.8 Å². The maximum Gasteiger partial charge on any atom is 0.271 e. The lowest BCUT2D eigenvalue weighted by atomic mass is 10.2. The molecule has 26 heavy (non-hydrogen) atoms. The summed E-state index contributed by atoms with van der Waals surface area (Å²) < 4.78 is 10.9. The first-order chi connectivity index (χ1) is 12.6. The second-order valence-corrected chi connectivity index (χ2v) is 5.68. The SMILES string of the molecule is C#CCOc1ccc(Cl)cc1/C=N\NC(=O)c1ccc(OCCC)cc1. The van der Waals surface area contributed by atoms with E-state index >= 15 is 0 Å². The number of rotatable bonds is 8. The summed E-state index contributed by atoms with van der Waals surface area (Å²) in [4.78, 5) is 12.1. The number of amides is 1. The molecule has 0 aliphatic carbocycles. The van der Waals surface area contributed by atoms with Crippen LogP contribution in [-0.2, 0) is 0 Å². The molecule has 0 saturated carbocycles. The Bertz CT molecular complexity index is 811. The van der Waals surface area contributed by atoms with E-state index in [0.717, 1.165) is 12.2 Å². The number of carbonyl (C=O) groups is 1. The molecule has 5 nitrogen and oxygen atoms in total. The molecule has 0 saturated heterocycles. The van der Waals surface area contributed by atoms with Crippen molar-refractivity contribution in [3.63, 3.8) is 0 Å². The highest BCUT2D eigenvalue weighted by Crippen LogP contribution is 2.21. The summed E-state index contributed by atoms with van der Waals surface area (Å²) in [5.74, 6) is 3.31. The summed E-state index contributed by atoms with van der Waals surface area (Å²) in [5, 5.41) is 4.48. The fourth-order valence-corrected chi connectivity index (χ4v) is 2.20. The molecule has 1 amide bonds. The highest BCUT2D eigenvalue weighted by Gasteiger charge is 2.06. The number of nitrogens with one attached hydrogen (secondary N) is 1. The molecular weight excluding hydrogens is 352 g/mol. The first kappa shape index (κ1) is 19.4. The predicted octanol–water partition coefficient (Wildman–Crippen LogP) is 3.90. The van der Waals surface area contributed by atoms with E-state index in [0.29, 0.717) is 28.5 Å². The van der Waals surface area contributed by atoms with Crippen molar-refractivity contribution in [2.24, 2.45) is 5.10 Å². The lowest BCUT2D eigenvalue weighted by Crippen LogP contribution is -2.17. The highest BCUT2D eigenvalue weighted by atomic mass is 35.5. The Labute approximate surface area is 158 Å². The van der Waals surface area contributed by atoms with Crippen molar-refractivity contribution in [3.8, 4) is 23.8 Å². The van der Waals surface area contributed by atoms with Gasteiger partial charge in [-0.15, -0.1) is 6.42 Å². The average molecular weight is 371 g/mol. The second kappa shape index (κ2) is 10.1. The maximum absolute atomic E-state index is 12.1. The summed E-state index contributed by atoms with van der Waals surface area (Å²) in [5.41, 5.74) is 3.54. The monoisotopic (exact) mass is 370 g/mol. The summed E-state index contributed by atoms with van der Waals surface area (Å²) in [7, 11) is 0. The summed E-state index contributed by atoms with van der Waals surface area (Å²) in [6, 6.07) is 11.9. The number of ether oxygens (including phenoxy) is 2. The van der Waals surface area contributed by atoms with Crippen LogP contribution >= 0.6 is 11.6 Å². The first-order valence-electron chi connectivity index (χ1n) is 8.06. The van der Waals surface area contributed by atoms with Crippen LogP contribution in [0.15, 0.2) is 47.6 Å². The number of terminal acetylenes is 1. The zero-order chi connectivity index (χ0) is 18.8. The van der Waals surface area contributed by atoms with Gasteiger partial charge in [-0.25, -0.2) is 5.43 Å². The number of benzene rings is 2. The maximum atomic E-state index is 12.1. The van der Waals surface area contributed by atoms with E-state index in [1.807, 2.05) is 6.92 Å². The lowest BCUT2D eigenvalue weighted by Gasteiger charge is -2.07. The molecule has 0 fully saturated rings. The van der Waals surface area contributed by atoms with Crippen LogP contribution in [0, 0.1) is 12.3 Å². The van der Waals surface area contributed by atoms with Gasteiger partial charge in [-0.05, 0) is 48.9 Å². The van der Waals surface area contributed by atoms with E-state index in [1.165, 1.54) is 6.21 Å². The molecule has 0 radical (unpaired) electrons. The van der Waals surface area contributed by atoms with Crippen LogP contribution in [0.2, 0.25) is 5.02 Å². The van der Waals surface area contributed by atoms with Gasteiger partial charge in [0.25, 0.3) is 5.91 Å². The quantitative estimate of drug-likeness (QED) is 0.435. The van der Waals surface area contributed by atoms with E-state index in [1.54, 1.807) is 42.5 Å². The van der Waals surface area contributed by atoms with Crippen LogP contribution in [0.1, 0.15) is 29.3 Å². The lowest BCUT2D eigenvalue weighted by molar-refractivity contribution is 0.0955. The topological polar surface area (TPSA) is 59.9 Å². The number of halogens is 1. The van der Waals surface area contributed by atoms with Crippen molar-refractivity contribution in [1.82, 2.24) is 5.43 Å². The van der Waals surface area contributed by atoms with Gasteiger partial charge in [0.15, 0.2) is 0 Å². The molecule has 0 unspecified atom stereocenters. The fourth-order valence-electron chi connectivity index (χ4n) is 2.02. The molecule has 0 atom stereocenters. The predicted molar refractivity (Wildman–Crippen MR) is 103 cm³/mol. The van der Waals surface area contributed by atoms with Crippen LogP contribution in [0.3, 0.4) is 0 Å². The number of carbonyl (C=O) groups excluding carboxylic acids is 1. The van der Waals surface area contributed by atoms with Crippen LogP contribution in [0.5, 0.6) is 11.5 Å². The Hall–Kier alpha value is -2.97. The molecule has 2 aromatic rings. The molecule has 0 aliphatic rings. The number of hydrogen-bond acceptors (Lipinski definition) is 4. The Balaban J connectivity index is 2.00. The number of hydrogen-bond donors (Lipinski definition) is 1. The second-order valence-electron chi connectivity index (χ2n) is 5.25. The number of hydrazone groups is 1. The molecule has 2 aromatic carbocycles. The van der Waals surface area contributed by atoms with Gasteiger partial charge >= 0.3 is 0 Å². The van der Waals surface area contributed by atoms with E-state index in [-0.39, 0.29) is 12.5 Å². The third kappa shape index (κ3) is 5.83. The molecule has 0 aromatic heterocycles. The van der Waals surface area contributed by atoms with Gasteiger partial charge in [-0.3, -0.25) is 4.79 Å². The summed E-state index contributed by atoms with van der Waals surface area (Å²) >= 11 is 5.98. The fraction of sp³-hybridized carbons (Fsp3) is 0.200. The van der Waals surface area contributed by atoms with E-state index in [9.17, 15) is 4.79 Å². The van der Waals surface area contributed by atoms with Crippen LogP contribution in [-0.4, -0.2) is 25.3 Å². The Morgan fingerprint density at radius 3 is 2.73 bits per heavy atom. The van der Waals surface area contributed by atoms with Gasteiger partial charge in [0.2, 0.25) is 0 Å². The van der Waals surface area contributed by atoms with E-state index in [4.69, 9.17) is 27.5 Å². The minimum absolute atomic E-state index is 0.126. The van der Waals surface area contributed by atoms with Gasteiger partial charge in [-0.1, -0.05) is 24.4 Å². The van der Waals surface area contributed by atoms with Gasteiger partial charge in [0, 0.05) is 16.1 Å². The largest absolute Gasteiger partial charge is 0.494 e. The molecular formula is C20H19ClN2O3. The average Bonchev–Trinajstić information content (AvgIpc) is 2.66. The van der Waals surface area contributed by atoms with Crippen LogP contribution in [0.25, 0.3) is 0 Å². The van der Waals surface area contributed by atoms with Crippen molar-refractivity contribution in [2.75, 3.05) is 13.2 Å². The Morgan fingerprint density at radius 2 is 2.04 bits per heavy atom.